The van der Waals surface area contributed by atoms with E-state index in [1.54, 1.807) is 22.9 Å². The number of nitrogens with zero attached hydrogens (tertiary/aromatic N) is 3. The van der Waals surface area contributed by atoms with Crippen LogP contribution in [0.15, 0.2) is 59.8 Å². The Kier molecular flexibility index (Phi) is 3.94. The highest BCUT2D eigenvalue weighted by Gasteiger charge is 2.36. The van der Waals surface area contributed by atoms with Gasteiger partial charge < -0.3 is 10.4 Å². The Morgan fingerprint density at radius 2 is 1.96 bits per heavy atom. The van der Waals surface area contributed by atoms with Crippen molar-refractivity contribution in [2.24, 2.45) is 0 Å². The van der Waals surface area contributed by atoms with Crippen LogP contribution in [0.2, 0.25) is 5.02 Å². The first-order valence-corrected chi connectivity index (χ1v) is 9.52. The summed E-state index contributed by atoms with van der Waals surface area (Å²) in [6.07, 6.45) is 2.17. The van der Waals surface area contributed by atoms with Gasteiger partial charge in [-0.25, -0.2) is 4.68 Å². The average Bonchev–Trinajstić information content (AvgIpc) is 3.11. The van der Waals surface area contributed by atoms with Crippen molar-refractivity contribution < 1.29 is 9.90 Å². The van der Waals surface area contributed by atoms with E-state index in [1.165, 1.54) is 0 Å². The molecule has 0 spiro atoms. The maximum Gasteiger partial charge on any atom is 0.226 e. The van der Waals surface area contributed by atoms with Crippen molar-refractivity contribution in [3.63, 3.8) is 0 Å². The summed E-state index contributed by atoms with van der Waals surface area (Å²) in [5.74, 6) is 1.37. The molecular weight excluding hydrogens is 376 g/mol. The molecular formula is C21H17ClN4O2. The van der Waals surface area contributed by atoms with E-state index < -0.39 is 0 Å². The molecule has 3 aromatic rings. The van der Waals surface area contributed by atoms with Crippen molar-refractivity contribution in [2.75, 3.05) is 5.32 Å². The number of fused-ring (bicyclic) bond motifs is 1. The van der Waals surface area contributed by atoms with Gasteiger partial charge in [0.05, 0.1) is 0 Å². The third-order valence-electron chi connectivity index (χ3n) is 5.16. The second-order valence-corrected chi connectivity index (χ2v) is 7.44. The van der Waals surface area contributed by atoms with E-state index in [9.17, 15) is 9.90 Å². The Bertz CT molecular complexity index is 1120. The van der Waals surface area contributed by atoms with Crippen LogP contribution in [0.3, 0.4) is 0 Å². The maximum atomic E-state index is 12.8. The molecule has 28 heavy (non-hydrogen) atoms. The van der Waals surface area contributed by atoms with Crippen molar-refractivity contribution in [1.82, 2.24) is 14.8 Å². The van der Waals surface area contributed by atoms with Gasteiger partial charge in [0.15, 0.2) is 11.6 Å². The number of benzene rings is 2. The second-order valence-electron chi connectivity index (χ2n) is 7.00. The molecule has 2 aromatic carbocycles. The van der Waals surface area contributed by atoms with Crippen LogP contribution in [-0.2, 0) is 4.79 Å². The van der Waals surface area contributed by atoms with Gasteiger partial charge in [-0.15, -0.1) is 5.10 Å². The molecule has 1 aromatic heterocycles. The molecule has 140 valence electrons. The van der Waals surface area contributed by atoms with Gasteiger partial charge in [-0.1, -0.05) is 35.9 Å². The predicted molar refractivity (Wildman–Crippen MR) is 106 cm³/mol. The lowest BCUT2D eigenvalue weighted by atomic mass is 9.85. The van der Waals surface area contributed by atoms with Gasteiger partial charge in [0, 0.05) is 28.3 Å². The highest BCUT2D eigenvalue weighted by Crippen LogP contribution is 2.40. The molecule has 1 atom stereocenters. The van der Waals surface area contributed by atoms with Crippen LogP contribution in [0, 0.1) is 0 Å². The number of ketones is 1. The van der Waals surface area contributed by atoms with E-state index >= 15 is 0 Å². The molecule has 0 fully saturated rings. The van der Waals surface area contributed by atoms with E-state index in [2.05, 4.69) is 15.4 Å². The number of carbonyl (C=O) groups excluding carboxylic acids is 1. The van der Waals surface area contributed by atoms with Gasteiger partial charge in [-0.2, -0.15) is 4.98 Å². The van der Waals surface area contributed by atoms with Crippen LogP contribution < -0.4 is 5.32 Å². The summed E-state index contributed by atoms with van der Waals surface area (Å²) in [5.41, 5.74) is 3.30. The number of anilines is 1. The number of aromatic nitrogens is 3. The van der Waals surface area contributed by atoms with Crippen molar-refractivity contribution in [2.45, 2.75) is 25.3 Å². The van der Waals surface area contributed by atoms with E-state index in [-0.39, 0.29) is 17.6 Å². The monoisotopic (exact) mass is 392 g/mol. The zero-order valence-electron chi connectivity index (χ0n) is 14.9. The molecule has 1 unspecified atom stereocenters. The lowest BCUT2D eigenvalue weighted by Crippen LogP contribution is -2.31. The number of halogens is 1. The number of Topliss-reactive ketones (excluding diaryl/α,β-unsaturated/α-hetero) is 1. The van der Waals surface area contributed by atoms with Crippen molar-refractivity contribution in [3.05, 3.63) is 70.4 Å². The topological polar surface area (TPSA) is 80.0 Å². The van der Waals surface area contributed by atoms with E-state index in [4.69, 9.17) is 11.6 Å². The van der Waals surface area contributed by atoms with E-state index in [0.717, 1.165) is 29.7 Å². The minimum absolute atomic E-state index is 0.133. The Balaban J connectivity index is 1.68. The summed E-state index contributed by atoms with van der Waals surface area (Å²) in [5, 5.41) is 18.4. The molecule has 1 aliphatic heterocycles. The van der Waals surface area contributed by atoms with E-state index in [0.29, 0.717) is 28.8 Å². The molecule has 2 heterocycles. The maximum absolute atomic E-state index is 12.8. The van der Waals surface area contributed by atoms with Crippen LogP contribution in [-0.4, -0.2) is 25.7 Å². The number of hydrogen-bond donors (Lipinski definition) is 2. The molecule has 0 saturated heterocycles. The van der Waals surface area contributed by atoms with E-state index in [1.807, 2.05) is 30.3 Å². The second kappa shape index (κ2) is 6.49. The van der Waals surface area contributed by atoms with Crippen LogP contribution in [0.1, 0.15) is 30.9 Å². The summed E-state index contributed by atoms with van der Waals surface area (Å²) < 4.78 is 1.75. The van der Waals surface area contributed by atoms with Gasteiger partial charge in [0.25, 0.3) is 0 Å². The summed E-state index contributed by atoms with van der Waals surface area (Å²) in [4.78, 5) is 17.4. The molecule has 2 aliphatic rings. The smallest absolute Gasteiger partial charge is 0.226 e. The highest BCUT2D eigenvalue weighted by molar-refractivity contribution is 6.30. The van der Waals surface area contributed by atoms with Crippen molar-refractivity contribution >= 4 is 23.3 Å². The van der Waals surface area contributed by atoms with Gasteiger partial charge in [0.1, 0.15) is 11.8 Å². The van der Waals surface area contributed by atoms with Crippen molar-refractivity contribution in [1.29, 1.82) is 0 Å². The molecule has 7 heteroatoms. The Morgan fingerprint density at radius 1 is 1.14 bits per heavy atom. The zero-order valence-corrected chi connectivity index (χ0v) is 15.6. The van der Waals surface area contributed by atoms with Gasteiger partial charge in [-0.05, 0) is 42.7 Å². The van der Waals surface area contributed by atoms with Crippen LogP contribution in [0.25, 0.3) is 11.4 Å². The summed E-state index contributed by atoms with van der Waals surface area (Å²) in [6.45, 7) is 0. The minimum atomic E-state index is -0.352. The van der Waals surface area contributed by atoms with Gasteiger partial charge >= 0.3 is 0 Å². The summed E-state index contributed by atoms with van der Waals surface area (Å²) in [7, 11) is 0. The number of rotatable bonds is 2. The molecule has 0 radical (unpaired) electrons. The standard InChI is InChI=1S/C21H17ClN4O2/c22-14-9-7-12(8-10-14)19-18-16(5-2-6-17(18)28)23-21-24-20(25-26(19)21)13-3-1-4-15(27)11-13/h1,3-4,7-11,19,27H,2,5-6H2,(H,23,24,25). The minimum Gasteiger partial charge on any atom is -0.508 e. The Morgan fingerprint density at radius 3 is 2.75 bits per heavy atom. The normalized spacial score (nSPS) is 18.5. The fourth-order valence-corrected chi connectivity index (χ4v) is 4.00. The average molecular weight is 393 g/mol. The third kappa shape index (κ3) is 2.77. The van der Waals surface area contributed by atoms with Crippen LogP contribution in [0.4, 0.5) is 5.95 Å². The zero-order chi connectivity index (χ0) is 19.3. The SMILES string of the molecule is O=C1CCCC2=C1C(c1ccc(Cl)cc1)n1nc(-c3cccc(O)c3)nc1N2. The highest BCUT2D eigenvalue weighted by atomic mass is 35.5. The number of nitrogens with one attached hydrogen (secondary N) is 1. The number of hydrogen-bond acceptors (Lipinski definition) is 5. The third-order valence-corrected chi connectivity index (χ3v) is 5.41. The van der Waals surface area contributed by atoms with Crippen molar-refractivity contribution in [3.8, 4) is 17.1 Å². The Hall–Kier alpha value is -3.12. The first-order valence-electron chi connectivity index (χ1n) is 9.15. The largest absolute Gasteiger partial charge is 0.508 e. The summed E-state index contributed by atoms with van der Waals surface area (Å²) in [6, 6.07) is 13.9. The summed E-state index contributed by atoms with van der Waals surface area (Å²) >= 11 is 6.07. The molecule has 0 bridgehead atoms. The van der Waals surface area contributed by atoms with Gasteiger partial charge in [-0.3, -0.25) is 4.79 Å². The number of carbonyl (C=O) groups is 1. The quantitative estimate of drug-likeness (QED) is 0.678. The Labute approximate surface area is 166 Å². The molecule has 2 N–H and O–H groups in total. The predicted octanol–water partition coefficient (Wildman–Crippen LogP) is 4.33. The fraction of sp³-hybridized carbons (Fsp3) is 0.190. The number of phenolic OH excluding ortho intramolecular Hbond substituents is 1. The molecule has 0 saturated carbocycles. The first kappa shape index (κ1) is 17.0. The van der Waals surface area contributed by atoms with Gasteiger partial charge in [0.2, 0.25) is 5.95 Å². The molecule has 0 amide bonds. The lowest BCUT2D eigenvalue weighted by Gasteiger charge is -2.32. The fourth-order valence-electron chi connectivity index (χ4n) is 3.88. The van der Waals surface area contributed by atoms with Crippen LogP contribution in [0.5, 0.6) is 5.75 Å². The number of allylic oxidation sites excluding steroid dienone is 2. The number of phenols is 1. The van der Waals surface area contributed by atoms with Crippen LogP contribution >= 0.6 is 11.6 Å². The first-order chi connectivity index (χ1) is 13.6. The molecule has 1 aliphatic carbocycles. The lowest BCUT2D eigenvalue weighted by molar-refractivity contribution is -0.116. The molecule has 5 rings (SSSR count). The number of aromatic hydroxyl groups is 1. The molecule has 6 nitrogen and oxygen atoms in total.